The van der Waals surface area contributed by atoms with E-state index < -0.39 is 0 Å². The summed E-state index contributed by atoms with van der Waals surface area (Å²) in [6.45, 7) is 0.816. The fourth-order valence-corrected chi connectivity index (χ4v) is 1.93. The third-order valence-electron chi connectivity index (χ3n) is 2.99. The molecule has 0 aliphatic heterocycles. The van der Waals surface area contributed by atoms with Gasteiger partial charge in [-0.05, 0) is 24.1 Å². The molecule has 0 radical (unpaired) electrons. The molecule has 0 unspecified atom stereocenters. The average molecular weight is 274 g/mol. The molecule has 0 saturated heterocycles. The zero-order chi connectivity index (χ0) is 14.4. The van der Waals surface area contributed by atoms with Gasteiger partial charge >= 0.3 is 0 Å². The van der Waals surface area contributed by atoms with E-state index in [-0.39, 0.29) is 12.5 Å². The number of methoxy groups -OCH3 is 1. The summed E-state index contributed by atoms with van der Waals surface area (Å²) in [5, 5.41) is 2.84. The summed E-state index contributed by atoms with van der Waals surface area (Å²) >= 11 is 0. The molecule has 1 heterocycles. The Morgan fingerprint density at radius 2 is 2.20 bits per heavy atom. The van der Waals surface area contributed by atoms with Gasteiger partial charge < -0.3 is 20.2 Å². The van der Waals surface area contributed by atoms with Crippen molar-refractivity contribution in [1.29, 1.82) is 0 Å². The molecule has 1 aromatic heterocycles. The molecule has 20 heavy (non-hydrogen) atoms. The highest BCUT2D eigenvalue weighted by atomic mass is 16.5. The van der Waals surface area contributed by atoms with Gasteiger partial charge in [-0.25, -0.2) is 0 Å². The van der Waals surface area contributed by atoms with Crippen LogP contribution in [0.15, 0.2) is 41.0 Å². The van der Waals surface area contributed by atoms with E-state index in [2.05, 4.69) is 5.32 Å². The van der Waals surface area contributed by atoms with E-state index >= 15 is 0 Å². The van der Waals surface area contributed by atoms with Crippen LogP contribution in [0, 0.1) is 0 Å². The van der Waals surface area contributed by atoms with Crippen LogP contribution in [0.4, 0.5) is 0 Å². The van der Waals surface area contributed by atoms with Crippen LogP contribution in [0.25, 0.3) is 0 Å². The van der Waals surface area contributed by atoms with Crippen molar-refractivity contribution in [2.45, 2.75) is 13.0 Å². The number of rotatable bonds is 6. The van der Waals surface area contributed by atoms with Crippen molar-refractivity contribution in [2.75, 3.05) is 13.7 Å². The SMILES string of the molecule is COc1ccccc1CCNC(=O)c1coc(CN)c1. The van der Waals surface area contributed by atoms with Crippen molar-refractivity contribution in [2.24, 2.45) is 5.73 Å². The number of carbonyl (C=O) groups is 1. The lowest BCUT2D eigenvalue weighted by Gasteiger charge is -2.08. The van der Waals surface area contributed by atoms with Crippen molar-refractivity contribution in [3.63, 3.8) is 0 Å². The molecule has 0 bridgehead atoms. The van der Waals surface area contributed by atoms with Gasteiger partial charge in [0, 0.05) is 6.54 Å². The van der Waals surface area contributed by atoms with Gasteiger partial charge in [0.25, 0.3) is 5.91 Å². The van der Waals surface area contributed by atoms with E-state index in [9.17, 15) is 4.79 Å². The molecule has 1 amide bonds. The van der Waals surface area contributed by atoms with Gasteiger partial charge in [0.05, 0.1) is 19.2 Å². The summed E-state index contributed by atoms with van der Waals surface area (Å²) < 4.78 is 10.4. The Morgan fingerprint density at radius 1 is 1.40 bits per heavy atom. The lowest BCUT2D eigenvalue weighted by Crippen LogP contribution is -2.25. The average Bonchev–Trinajstić information content (AvgIpc) is 2.96. The maximum Gasteiger partial charge on any atom is 0.254 e. The molecule has 0 aliphatic rings. The van der Waals surface area contributed by atoms with Gasteiger partial charge in [-0.2, -0.15) is 0 Å². The van der Waals surface area contributed by atoms with Crippen molar-refractivity contribution >= 4 is 5.91 Å². The van der Waals surface area contributed by atoms with Crippen LogP contribution in [0.3, 0.4) is 0 Å². The Kier molecular flexibility index (Phi) is 4.79. The zero-order valence-corrected chi connectivity index (χ0v) is 11.4. The molecule has 2 rings (SSSR count). The summed E-state index contributed by atoms with van der Waals surface area (Å²) in [5.41, 5.74) is 6.98. The smallest absolute Gasteiger partial charge is 0.254 e. The van der Waals surface area contributed by atoms with E-state index in [0.717, 1.165) is 11.3 Å². The van der Waals surface area contributed by atoms with E-state index in [1.165, 1.54) is 6.26 Å². The summed E-state index contributed by atoms with van der Waals surface area (Å²) in [6, 6.07) is 9.40. The first-order valence-electron chi connectivity index (χ1n) is 6.42. The number of carbonyl (C=O) groups excluding carboxylic acids is 1. The summed E-state index contributed by atoms with van der Waals surface area (Å²) in [6.07, 6.45) is 2.12. The lowest BCUT2D eigenvalue weighted by molar-refractivity contribution is 0.0953. The quantitative estimate of drug-likeness (QED) is 0.840. The van der Waals surface area contributed by atoms with Crippen LogP contribution in [0.5, 0.6) is 5.75 Å². The van der Waals surface area contributed by atoms with Gasteiger partial charge in [0.15, 0.2) is 0 Å². The predicted octanol–water partition coefficient (Wildman–Crippen LogP) is 1.72. The molecule has 3 N–H and O–H groups in total. The Labute approximate surface area is 117 Å². The first kappa shape index (κ1) is 14.1. The number of furan rings is 1. The van der Waals surface area contributed by atoms with Crippen LogP contribution in [0.1, 0.15) is 21.7 Å². The van der Waals surface area contributed by atoms with Crippen molar-refractivity contribution in [3.05, 3.63) is 53.5 Å². The van der Waals surface area contributed by atoms with Crippen LogP contribution in [0.2, 0.25) is 0 Å². The Bertz CT molecular complexity index is 578. The maximum absolute atomic E-state index is 11.9. The molecular weight excluding hydrogens is 256 g/mol. The summed E-state index contributed by atoms with van der Waals surface area (Å²) in [7, 11) is 1.64. The fourth-order valence-electron chi connectivity index (χ4n) is 1.93. The number of amides is 1. The van der Waals surface area contributed by atoms with E-state index in [1.54, 1.807) is 13.2 Å². The number of nitrogens with one attached hydrogen (secondary N) is 1. The number of benzene rings is 1. The second-order valence-electron chi connectivity index (χ2n) is 4.32. The van der Waals surface area contributed by atoms with Crippen LogP contribution in [-0.2, 0) is 13.0 Å². The third-order valence-corrected chi connectivity index (χ3v) is 2.99. The normalized spacial score (nSPS) is 10.3. The Hall–Kier alpha value is -2.27. The largest absolute Gasteiger partial charge is 0.496 e. The van der Waals surface area contributed by atoms with E-state index in [0.29, 0.717) is 24.3 Å². The first-order valence-corrected chi connectivity index (χ1v) is 6.42. The van der Waals surface area contributed by atoms with Gasteiger partial charge in [-0.15, -0.1) is 0 Å². The number of hydrogen-bond donors (Lipinski definition) is 2. The molecule has 0 spiro atoms. The Balaban J connectivity index is 1.87. The lowest BCUT2D eigenvalue weighted by atomic mass is 10.1. The van der Waals surface area contributed by atoms with Gasteiger partial charge in [-0.1, -0.05) is 18.2 Å². The molecule has 0 saturated carbocycles. The van der Waals surface area contributed by atoms with Crippen molar-refractivity contribution in [1.82, 2.24) is 5.32 Å². The second-order valence-corrected chi connectivity index (χ2v) is 4.32. The molecule has 0 aliphatic carbocycles. The standard InChI is InChI=1S/C15H18N2O3/c1-19-14-5-3-2-4-11(14)6-7-17-15(18)12-8-13(9-16)20-10-12/h2-5,8,10H,6-7,9,16H2,1H3,(H,17,18). The monoisotopic (exact) mass is 274 g/mol. The topological polar surface area (TPSA) is 77.5 Å². The van der Waals surface area contributed by atoms with Gasteiger partial charge in [-0.3, -0.25) is 4.79 Å². The zero-order valence-electron chi connectivity index (χ0n) is 11.4. The van der Waals surface area contributed by atoms with Crippen LogP contribution >= 0.6 is 0 Å². The van der Waals surface area contributed by atoms with Crippen molar-refractivity contribution in [3.8, 4) is 5.75 Å². The highest BCUT2D eigenvalue weighted by Gasteiger charge is 2.09. The van der Waals surface area contributed by atoms with E-state index in [1.807, 2.05) is 24.3 Å². The van der Waals surface area contributed by atoms with E-state index in [4.69, 9.17) is 14.9 Å². The number of nitrogens with two attached hydrogens (primary N) is 1. The minimum Gasteiger partial charge on any atom is -0.496 e. The summed E-state index contributed by atoms with van der Waals surface area (Å²) in [4.78, 5) is 11.9. The summed E-state index contributed by atoms with van der Waals surface area (Å²) in [5.74, 6) is 1.26. The third kappa shape index (κ3) is 3.39. The highest BCUT2D eigenvalue weighted by molar-refractivity contribution is 5.93. The first-order chi connectivity index (χ1) is 9.74. The minimum atomic E-state index is -0.164. The predicted molar refractivity (Wildman–Crippen MR) is 75.6 cm³/mol. The molecule has 5 nitrogen and oxygen atoms in total. The number of ether oxygens (including phenoxy) is 1. The molecular formula is C15H18N2O3. The van der Waals surface area contributed by atoms with Crippen LogP contribution < -0.4 is 15.8 Å². The molecule has 0 atom stereocenters. The Morgan fingerprint density at radius 3 is 2.90 bits per heavy atom. The second kappa shape index (κ2) is 6.77. The number of hydrogen-bond acceptors (Lipinski definition) is 4. The molecule has 2 aromatic rings. The number of para-hydroxylation sites is 1. The molecule has 106 valence electrons. The van der Waals surface area contributed by atoms with Crippen molar-refractivity contribution < 1.29 is 13.9 Å². The maximum atomic E-state index is 11.9. The molecule has 1 aromatic carbocycles. The minimum absolute atomic E-state index is 0.164. The van der Waals surface area contributed by atoms with Crippen LogP contribution in [-0.4, -0.2) is 19.6 Å². The van der Waals surface area contributed by atoms with Gasteiger partial charge in [0.1, 0.15) is 17.8 Å². The fraction of sp³-hybridized carbons (Fsp3) is 0.267. The molecule has 5 heteroatoms. The van der Waals surface area contributed by atoms with Gasteiger partial charge in [0.2, 0.25) is 0 Å². The highest BCUT2D eigenvalue weighted by Crippen LogP contribution is 2.17. The molecule has 0 fully saturated rings.